The molecule has 9 nitrogen and oxygen atoms in total. The summed E-state index contributed by atoms with van der Waals surface area (Å²) in [5.41, 5.74) is 5.58. The van der Waals surface area contributed by atoms with Gasteiger partial charge in [-0.15, -0.1) is 0 Å². The Balaban J connectivity index is 2.20. The van der Waals surface area contributed by atoms with Gasteiger partial charge in [-0.05, 0) is 13.3 Å². The van der Waals surface area contributed by atoms with E-state index in [0.717, 1.165) is 36.1 Å². The molecule has 0 aromatic carbocycles. The number of aromatic nitrogens is 5. The van der Waals surface area contributed by atoms with Gasteiger partial charge in [0.05, 0.1) is 0 Å². The van der Waals surface area contributed by atoms with Crippen LogP contribution < -0.4 is 17.0 Å². The van der Waals surface area contributed by atoms with Crippen molar-refractivity contribution in [3.63, 3.8) is 0 Å². The van der Waals surface area contributed by atoms with E-state index >= 15 is 0 Å². The molecule has 0 aliphatic heterocycles. The Labute approximate surface area is 149 Å². The first-order valence-electron chi connectivity index (χ1n) is 8.82. The molecule has 0 saturated heterocycles. The molecule has 0 saturated carbocycles. The van der Waals surface area contributed by atoms with Crippen molar-refractivity contribution in [2.24, 2.45) is 12.8 Å². The van der Waals surface area contributed by atoms with Crippen LogP contribution in [0.4, 0.5) is 0 Å². The number of imidazole rings is 2. The first-order chi connectivity index (χ1) is 12.4. The average molecular weight is 360 g/mol. The quantitative estimate of drug-likeness (QED) is 0.620. The number of carbonyl (C=O) groups is 1. The van der Waals surface area contributed by atoms with Crippen LogP contribution in [0, 0.1) is 6.92 Å². The first kappa shape index (κ1) is 18.0. The molecule has 2 N–H and O–H groups in total. The molecule has 0 bridgehead atoms. The number of amides is 1. The fourth-order valence-electron chi connectivity index (χ4n) is 3.32. The van der Waals surface area contributed by atoms with Crippen LogP contribution in [0.15, 0.2) is 15.8 Å². The van der Waals surface area contributed by atoms with E-state index in [2.05, 4.69) is 16.5 Å². The number of fused-ring (bicyclic) bond motifs is 3. The number of hydrogen-bond donors (Lipinski definition) is 1. The third-order valence-electron chi connectivity index (χ3n) is 4.69. The summed E-state index contributed by atoms with van der Waals surface area (Å²) >= 11 is 0. The number of hydrogen-bond acceptors (Lipinski definition) is 4. The third kappa shape index (κ3) is 2.83. The molecule has 0 aliphatic carbocycles. The lowest BCUT2D eigenvalue weighted by Crippen LogP contribution is -2.42. The van der Waals surface area contributed by atoms with E-state index in [1.807, 2.05) is 13.1 Å². The largest absolute Gasteiger partial charge is 0.368 e. The number of aryl methyl sites for hydroxylation is 3. The Kier molecular flexibility index (Phi) is 4.71. The van der Waals surface area contributed by atoms with Crippen molar-refractivity contribution < 1.29 is 4.79 Å². The van der Waals surface area contributed by atoms with E-state index in [0.29, 0.717) is 11.4 Å². The summed E-state index contributed by atoms with van der Waals surface area (Å²) in [7, 11) is 1.53. The summed E-state index contributed by atoms with van der Waals surface area (Å²) in [6.07, 6.45) is 6.33. The molecule has 140 valence electrons. The first-order valence-corrected chi connectivity index (χ1v) is 8.82. The van der Waals surface area contributed by atoms with Crippen LogP contribution in [0.25, 0.3) is 16.9 Å². The number of rotatable bonds is 7. The van der Waals surface area contributed by atoms with Gasteiger partial charge in [0.15, 0.2) is 11.2 Å². The zero-order chi connectivity index (χ0) is 19.0. The molecule has 0 aliphatic rings. The number of unbranched alkanes of at least 4 members (excludes halogenated alkanes) is 3. The zero-order valence-electron chi connectivity index (χ0n) is 15.4. The van der Waals surface area contributed by atoms with E-state index in [4.69, 9.17) is 5.73 Å². The van der Waals surface area contributed by atoms with Gasteiger partial charge in [-0.1, -0.05) is 26.2 Å². The predicted molar refractivity (Wildman–Crippen MR) is 98.3 cm³/mol. The van der Waals surface area contributed by atoms with Crippen molar-refractivity contribution >= 4 is 22.8 Å². The van der Waals surface area contributed by atoms with Crippen LogP contribution in [0.1, 0.15) is 38.3 Å². The van der Waals surface area contributed by atoms with E-state index in [-0.39, 0.29) is 5.52 Å². The summed E-state index contributed by atoms with van der Waals surface area (Å²) in [5, 5.41) is 0. The molecule has 1 amide bonds. The molecule has 0 spiro atoms. The van der Waals surface area contributed by atoms with Crippen LogP contribution in [-0.4, -0.2) is 29.0 Å². The van der Waals surface area contributed by atoms with Crippen LogP contribution >= 0.6 is 0 Å². The lowest BCUT2D eigenvalue weighted by molar-refractivity contribution is -0.118. The molecule has 3 rings (SSSR count). The highest BCUT2D eigenvalue weighted by Crippen LogP contribution is 2.17. The molecule has 0 fully saturated rings. The molecule has 0 atom stereocenters. The number of nitrogens with two attached hydrogens (primary N) is 1. The van der Waals surface area contributed by atoms with Crippen molar-refractivity contribution in [1.82, 2.24) is 23.1 Å². The standard InChI is InChI=1S/C17H24N6O3/c1-4-5-6-7-8-21-11(2)9-22-13-14(19-16(21)22)20(3)17(26)23(15(13)25)10-12(18)24/h9H,4-8,10H2,1-3H3,(H2,18,24). The predicted octanol–water partition coefficient (Wildman–Crippen LogP) is 0.523. The molecular formula is C17H24N6O3. The highest BCUT2D eigenvalue weighted by Gasteiger charge is 2.20. The maximum atomic E-state index is 12.8. The smallest absolute Gasteiger partial charge is 0.332 e. The van der Waals surface area contributed by atoms with E-state index in [9.17, 15) is 14.4 Å². The van der Waals surface area contributed by atoms with Crippen molar-refractivity contribution in [2.75, 3.05) is 0 Å². The van der Waals surface area contributed by atoms with E-state index < -0.39 is 23.7 Å². The fourth-order valence-corrected chi connectivity index (χ4v) is 3.32. The van der Waals surface area contributed by atoms with Crippen molar-refractivity contribution in [3.05, 3.63) is 32.7 Å². The van der Waals surface area contributed by atoms with Gasteiger partial charge in [-0.3, -0.25) is 18.6 Å². The summed E-state index contributed by atoms with van der Waals surface area (Å²) in [4.78, 5) is 41.0. The van der Waals surface area contributed by atoms with Gasteiger partial charge in [0.1, 0.15) is 6.54 Å². The number of carbonyl (C=O) groups excluding carboxylic acids is 1. The Bertz CT molecular complexity index is 1100. The van der Waals surface area contributed by atoms with E-state index in [1.165, 1.54) is 18.0 Å². The van der Waals surface area contributed by atoms with Crippen molar-refractivity contribution in [2.45, 2.75) is 52.6 Å². The maximum absolute atomic E-state index is 12.8. The normalized spacial score (nSPS) is 11.7. The topological polar surface area (TPSA) is 109 Å². The molecule has 26 heavy (non-hydrogen) atoms. The number of nitrogens with zero attached hydrogens (tertiary/aromatic N) is 5. The second kappa shape index (κ2) is 6.81. The SMILES string of the molecule is CCCCCCn1c(C)cn2c3c(=O)n(CC(N)=O)c(=O)n(C)c3nc12. The maximum Gasteiger partial charge on any atom is 0.332 e. The van der Waals surface area contributed by atoms with Gasteiger partial charge < -0.3 is 10.3 Å². The summed E-state index contributed by atoms with van der Waals surface area (Å²) in [6.45, 7) is 4.47. The Hall–Kier alpha value is -2.84. The molecule has 0 radical (unpaired) electrons. The van der Waals surface area contributed by atoms with Gasteiger partial charge >= 0.3 is 5.69 Å². The lowest BCUT2D eigenvalue weighted by atomic mass is 10.2. The van der Waals surface area contributed by atoms with Gasteiger partial charge in [-0.25, -0.2) is 9.36 Å². The molecule has 0 unspecified atom stereocenters. The van der Waals surface area contributed by atoms with Gasteiger partial charge in [0.25, 0.3) is 5.56 Å². The van der Waals surface area contributed by atoms with Crippen molar-refractivity contribution in [1.29, 1.82) is 0 Å². The van der Waals surface area contributed by atoms with Gasteiger partial charge in [0, 0.05) is 25.5 Å². The monoisotopic (exact) mass is 360 g/mol. The van der Waals surface area contributed by atoms with Crippen LogP contribution in [0.3, 0.4) is 0 Å². The summed E-state index contributed by atoms with van der Waals surface area (Å²) < 4.78 is 5.89. The highest BCUT2D eigenvalue weighted by molar-refractivity contribution is 5.77. The third-order valence-corrected chi connectivity index (χ3v) is 4.69. The fraction of sp³-hybridized carbons (Fsp3) is 0.529. The van der Waals surface area contributed by atoms with Crippen LogP contribution in [-0.2, 0) is 24.9 Å². The molecule has 3 aromatic rings. The average Bonchev–Trinajstić information content (AvgIpc) is 3.09. The minimum absolute atomic E-state index is 0.277. The molecular weight excluding hydrogens is 336 g/mol. The minimum atomic E-state index is -0.742. The second-order valence-corrected chi connectivity index (χ2v) is 6.64. The Morgan fingerprint density at radius 2 is 1.92 bits per heavy atom. The van der Waals surface area contributed by atoms with Gasteiger partial charge in [-0.2, -0.15) is 4.98 Å². The Morgan fingerprint density at radius 1 is 1.19 bits per heavy atom. The molecule has 3 heterocycles. The Morgan fingerprint density at radius 3 is 2.58 bits per heavy atom. The summed E-state index contributed by atoms with van der Waals surface area (Å²) in [6, 6.07) is 0. The van der Waals surface area contributed by atoms with Crippen LogP contribution in [0.2, 0.25) is 0 Å². The number of primary amides is 1. The highest BCUT2D eigenvalue weighted by atomic mass is 16.2. The lowest BCUT2D eigenvalue weighted by Gasteiger charge is -2.06. The molecule has 9 heteroatoms. The molecule has 3 aromatic heterocycles. The van der Waals surface area contributed by atoms with E-state index in [1.54, 1.807) is 4.40 Å². The van der Waals surface area contributed by atoms with Crippen LogP contribution in [0.5, 0.6) is 0 Å². The van der Waals surface area contributed by atoms with Gasteiger partial charge in [0.2, 0.25) is 11.7 Å². The minimum Gasteiger partial charge on any atom is -0.368 e. The second-order valence-electron chi connectivity index (χ2n) is 6.64. The van der Waals surface area contributed by atoms with Crippen molar-refractivity contribution in [3.8, 4) is 0 Å². The summed E-state index contributed by atoms with van der Waals surface area (Å²) in [5.74, 6) is -0.119. The zero-order valence-corrected chi connectivity index (χ0v) is 15.4.